The molecule has 5 aromatic rings. The lowest BCUT2D eigenvalue weighted by atomic mass is 9.83. The number of fused-ring (bicyclic) bond motifs is 3. The van der Waals surface area contributed by atoms with Crippen molar-refractivity contribution in [2.24, 2.45) is 5.41 Å². The van der Waals surface area contributed by atoms with E-state index in [4.69, 9.17) is 4.74 Å². The number of hydrogen-bond acceptors (Lipinski definition) is 11. The number of rotatable bonds is 12. The van der Waals surface area contributed by atoms with Gasteiger partial charge in [0.2, 0.25) is 23.6 Å². The van der Waals surface area contributed by atoms with Crippen LogP contribution in [-0.2, 0) is 47.2 Å². The zero-order valence-electron chi connectivity index (χ0n) is 42.0. The third kappa shape index (κ3) is 11.3. The van der Waals surface area contributed by atoms with Crippen LogP contribution in [-0.4, -0.2) is 116 Å². The molecule has 0 spiro atoms. The summed E-state index contributed by atoms with van der Waals surface area (Å²) in [5.74, 6) is 1.45. The maximum absolute atomic E-state index is 15.2. The Hall–Kier alpha value is -7.63. The first-order valence-electron chi connectivity index (χ1n) is 24.8. The fraction of sp³-hybridized carbons (Fsp3) is 0.345. The van der Waals surface area contributed by atoms with E-state index < -0.39 is 90.3 Å². The van der Waals surface area contributed by atoms with Gasteiger partial charge in [-0.25, -0.2) is 0 Å². The summed E-state index contributed by atoms with van der Waals surface area (Å²) < 4.78 is 47.2. The normalized spacial score (nSPS) is 19.2. The first-order chi connectivity index (χ1) is 36.5. The molecule has 77 heavy (non-hydrogen) atoms. The van der Waals surface area contributed by atoms with Gasteiger partial charge >= 0.3 is 13.3 Å². The molecule has 0 aliphatic carbocycles. The molecule has 400 valence electrons. The molecule has 8 amide bonds. The van der Waals surface area contributed by atoms with Crippen molar-refractivity contribution in [1.82, 2.24) is 30.7 Å². The van der Waals surface area contributed by atoms with Crippen molar-refractivity contribution < 1.29 is 66.2 Å². The number of benzene rings is 4. The van der Waals surface area contributed by atoms with Gasteiger partial charge in [0, 0.05) is 54.2 Å². The molecule has 2 fully saturated rings. The van der Waals surface area contributed by atoms with E-state index in [2.05, 4.69) is 27.8 Å². The topological polar surface area (TPSA) is 249 Å². The minimum absolute atomic E-state index is 0.0109. The van der Waals surface area contributed by atoms with E-state index in [9.17, 15) is 56.7 Å². The van der Waals surface area contributed by atoms with Gasteiger partial charge in [0.25, 0.3) is 23.6 Å². The molecule has 2 unspecified atom stereocenters. The summed E-state index contributed by atoms with van der Waals surface area (Å²) in [4.78, 5) is 130. The summed E-state index contributed by atoms with van der Waals surface area (Å²) in [6.45, 7) is 5.57. The summed E-state index contributed by atoms with van der Waals surface area (Å²) in [6.07, 6.45) is 1.75. The van der Waals surface area contributed by atoms with E-state index in [0.717, 1.165) is 52.3 Å². The second kappa shape index (κ2) is 21.4. The third-order valence-corrected chi connectivity index (χ3v) is 16.2. The number of nitrogens with one attached hydrogen (secondary N) is 3. The van der Waals surface area contributed by atoms with E-state index in [1.807, 2.05) is 30.3 Å². The average Bonchev–Trinajstić information content (AvgIpc) is 4.00. The highest BCUT2D eigenvalue weighted by atomic mass is 32.1. The molecule has 4 atom stereocenters. The number of likely N-dealkylation sites (tertiary alicyclic amines) is 1. The molecule has 9 rings (SSSR count). The highest BCUT2D eigenvalue weighted by Gasteiger charge is 2.51. The van der Waals surface area contributed by atoms with Crippen molar-refractivity contribution in [1.29, 1.82) is 0 Å². The molecular formula is C55H53F2N6O12PS. The van der Waals surface area contributed by atoms with Crippen molar-refractivity contribution in [2.45, 2.75) is 89.1 Å². The van der Waals surface area contributed by atoms with Gasteiger partial charge in [0.1, 0.15) is 23.9 Å². The lowest BCUT2D eigenvalue weighted by Gasteiger charge is -2.43. The fourth-order valence-corrected chi connectivity index (χ4v) is 11.5. The Kier molecular flexibility index (Phi) is 15.1. The first kappa shape index (κ1) is 54.2. The highest BCUT2D eigenvalue weighted by molar-refractivity contribution is 7.52. The molecule has 0 radical (unpaired) electrons. The van der Waals surface area contributed by atoms with E-state index in [0.29, 0.717) is 34.7 Å². The van der Waals surface area contributed by atoms with Crippen LogP contribution in [0.4, 0.5) is 8.78 Å². The minimum atomic E-state index is -5.87. The van der Waals surface area contributed by atoms with Crippen LogP contribution in [0.1, 0.15) is 111 Å². The van der Waals surface area contributed by atoms with E-state index >= 15 is 4.79 Å². The van der Waals surface area contributed by atoms with Gasteiger partial charge in [0.15, 0.2) is 6.61 Å². The predicted octanol–water partition coefficient (Wildman–Crippen LogP) is 5.58. The monoisotopic (exact) mass is 1090 g/mol. The van der Waals surface area contributed by atoms with Gasteiger partial charge in [0.05, 0.1) is 22.5 Å². The Morgan fingerprint density at radius 3 is 2.39 bits per heavy atom. The number of amides is 8. The van der Waals surface area contributed by atoms with Crippen molar-refractivity contribution >= 4 is 76.3 Å². The Bertz CT molecular complexity index is 3380. The second-order valence-corrected chi connectivity index (χ2v) is 23.2. The zero-order chi connectivity index (χ0) is 55.1. The first-order valence-corrected chi connectivity index (χ1v) is 27.2. The minimum Gasteiger partial charge on any atom is -0.484 e. The standard InChI is InChI=1S/C55H53F2N6O12PS/c1-54(2,3)47(60-49(67)44-27-35-24-37(15-19-43(35)77-44)55(56,57)76(72,73)74)53(71)62-29-36-25-38(16-14-33(36)26-42(62)52(70)61-22-8-12-34(28-61)32-10-5-4-6-11-32)75-30-46(65)58-21-7-9-31-13-17-39-40(23-31)51(69)63(50(39)68)41-18-20-45(64)59-48(41)66/h4-6,10-11,13-17,19,23-25,27,34,41-42,47H,8,12,18,20-22,26,28-30H2,1-3H3,(H,58,65)(H,60,67)(H,59,64,66)(H2,72,73,74)/t34?,41?,42-,47+/m0/s1. The molecular weight excluding hydrogens is 1040 g/mol. The average molecular weight is 1090 g/mol. The van der Waals surface area contributed by atoms with Crippen LogP contribution in [0.3, 0.4) is 0 Å². The molecule has 1 aromatic heterocycles. The van der Waals surface area contributed by atoms with Crippen molar-refractivity contribution in [3.05, 3.63) is 135 Å². The van der Waals surface area contributed by atoms with Crippen molar-refractivity contribution in [2.75, 3.05) is 26.2 Å². The number of thiophene rings is 1. The molecule has 2 saturated heterocycles. The molecule has 4 aliphatic rings. The van der Waals surface area contributed by atoms with Crippen LogP contribution >= 0.6 is 18.9 Å². The van der Waals surface area contributed by atoms with Crippen LogP contribution in [0.2, 0.25) is 0 Å². The molecule has 5 N–H and O–H groups in total. The van der Waals surface area contributed by atoms with Crippen LogP contribution in [0.5, 0.6) is 5.75 Å². The van der Waals surface area contributed by atoms with Crippen LogP contribution in [0.15, 0.2) is 91.0 Å². The molecule has 0 saturated carbocycles. The van der Waals surface area contributed by atoms with E-state index in [1.54, 1.807) is 43.9 Å². The maximum Gasteiger partial charge on any atom is 0.399 e. The van der Waals surface area contributed by atoms with Crippen LogP contribution in [0.25, 0.3) is 10.1 Å². The molecule has 4 aliphatic heterocycles. The molecule has 18 nitrogen and oxygen atoms in total. The van der Waals surface area contributed by atoms with Crippen LogP contribution < -0.4 is 20.7 Å². The SMILES string of the molecule is CC(C)(C)[C@H](NC(=O)c1cc2cc(C(F)(F)P(=O)(O)O)ccc2s1)C(=O)N1Cc2cc(OCC(=O)NCC#Cc3ccc4c(c3)C(=O)N(C3CCC(=O)NC3=O)C4=O)ccc2C[C@H]1C(=O)N1CCCC(c2ccccc2)C1. The lowest BCUT2D eigenvalue weighted by Crippen LogP contribution is -2.61. The number of hydrogen-bond donors (Lipinski definition) is 5. The summed E-state index contributed by atoms with van der Waals surface area (Å²) in [6, 6.07) is 20.5. The van der Waals surface area contributed by atoms with Gasteiger partial charge in [-0.05, 0) is 95.3 Å². The van der Waals surface area contributed by atoms with Crippen LogP contribution in [0, 0.1) is 17.3 Å². The largest absolute Gasteiger partial charge is 0.484 e. The summed E-state index contributed by atoms with van der Waals surface area (Å²) in [5, 5.41) is 7.79. The number of imide groups is 2. The Labute approximate surface area is 444 Å². The number of ether oxygens (including phenoxy) is 1. The summed E-state index contributed by atoms with van der Waals surface area (Å²) >= 11 is 0.942. The predicted molar refractivity (Wildman–Crippen MR) is 276 cm³/mol. The van der Waals surface area contributed by atoms with Gasteiger partial charge in [-0.15, -0.1) is 11.3 Å². The number of halogens is 2. The zero-order valence-corrected chi connectivity index (χ0v) is 43.7. The molecule has 4 aromatic carbocycles. The molecule has 22 heteroatoms. The van der Waals surface area contributed by atoms with Crippen molar-refractivity contribution in [3.8, 4) is 17.6 Å². The lowest BCUT2D eigenvalue weighted by molar-refractivity contribution is -0.150. The Balaban J connectivity index is 0.893. The number of carbonyl (C=O) groups excluding carboxylic acids is 8. The molecule has 0 bridgehead atoms. The Morgan fingerprint density at radius 2 is 1.66 bits per heavy atom. The smallest absolute Gasteiger partial charge is 0.399 e. The number of nitrogens with zero attached hydrogens (tertiary/aromatic N) is 3. The Morgan fingerprint density at radius 1 is 0.909 bits per heavy atom. The second-order valence-electron chi connectivity index (χ2n) is 20.4. The quantitative estimate of drug-likeness (QED) is 0.0584. The van der Waals surface area contributed by atoms with Gasteiger partial charge in [-0.3, -0.25) is 53.1 Å². The summed E-state index contributed by atoms with van der Waals surface area (Å²) in [5.41, 5.74) is -3.29. The van der Waals surface area contributed by atoms with Crippen molar-refractivity contribution in [3.63, 3.8) is 0 Å². The fourth-order valence-electron chi connectivity index (χ4n) is 10.1. The summed E-state index contributed by atoms with van der Waals surface area (Å²) in [7, 11) is -5.87. The number of alkyl halides is 2. The third-order valence-electron chi connectivity index (χ3n) is 14.1. The van der Waals surface area contributed by atoms with E-state index in [1.165, 1.54) is 35.2 Å². The van der Waals surface area contributed by atoms with Gasteiger partial charge in [-0.1, -0.05) is 75.1 Å². The number of carbonyl (C=O) groups is 8. The van der Waals surface area contributed by atoms with Gasteiger partial charge < -0.3 is 35.0 Å². The van der Waals surface area contributed by atoms with E-state index in [-0.39, 0.29) is 65.6 Å². The highest BCUT2D eigenvalue weighted by Crippen LogP contribution is 2.59. The van der Waals surface area contributed by atoms with Gasteiger partial charge in [-0.2, -0.15) is 8.78 Å². The number of piperidine rings is 2. The molecule has 5 heterocycles. The maximum atomic E-state index is 15.2.